The van der Waals surface area contributed by atoms with Crippen molar-refractivity contribution in [3.05, 3.63) is 33.5 Å². The number of nitrogens with zero attached hydrogens (tertiary/aromatic N) is 1. The molecule has 2 N–H and O–H groups in total. The van der Waals surface area contributed by atoms with Gasteiger partial charge in [-0.2, -0.15) is 0 Å². The van der Waals surface area contributed by atoms with Crippen molar-refractivity contribution in [2.45, 2.75) is 31.3 Å². The molecule has 6 heteroatoms. The molecule has 6 nitrogen and oxygen atoms in total. The van der Waals surface area contributed by atoms with Crippen LogP contribution in [0.1, 0.15) is 25.7 Å². The summed E-state index contributed by atoms with van der Waals surface area (Å²) < 4.78 is 0. The standard InChI is InChI=1S/C11H13NO5/c13-10(14)11(15)5-1-2-7-3-4-8(12(16)17)6-9(7)11/h4,6-7,15H,1-3,5H2,(H,13,14). The molecular weight excluding hydrogens is 226 g/mol. The molecule has 2 unspecified atom stereocenters. The molecule has 0 aliphatic heterocycles. The molecule has 1 fully saturated rings. The third-order valence-electron chi connectivity index (χ3n) is 3.49. The molecule has 0 heterocycles. The number of hydrogen-bond donors (Lipinski definition) is 2. The van der Waals surface area contributed by atoms with E-state index in [9.17, 15) is 20.0 Å². The Morgan fingerprint density at radius 1 is 1.59 bits per heavy atom. The van der Waals surface area contributed by atoms with Gasteiger partial charge in [-0.15, -0.1) is 0 Å². The molecule has 0 bridgehead atoms. The van der Waals surface area contributed by atoms with Crippen LogP contribution >= 0.6 is 0 Å². The lowest BCUT2D eigenvalue weighted by Crippen LogP contribution is -2.46. The Bertz CT molecular complexity index is 439. The summed E-state index contributed by atoms with van der Waals surface area (Å²) in [4.78, 5) is 21.2. The van der Waals surface area contributed by atoms with Crippen LogP contribution in [0.2, 0.25) is 0 Å². The van der Waals surface area contributed by atoms with E-state index in [0.29, 0.717) is 12.8 Å². The van der Waals surface area contributed by atoms with Gasteiger partial charge in [-0.05, 0) is 43.3 Å². The van der Waals surface area contributed by atoms with Crippen molar-refractivity contribution in [1.82, 2.24) is 0 Å². The highest BCUT2D eigenvalue weighted by Gasteiger charge is 2.47. The highest BCUT2D eigenvalue weighted by Crippen LogP contribution is 2.42. The summed E-state index contributed by atoms with van der Waals surface area (Å²) >= 11 is 0. The monoisotopic (exact) mass is 239 g/mol. The number of hydrogen-bond acceptors (Lipinski definition) is 4. The third-order valence-corrected chi connectivity index (χ3v) is 3.49. The van der Waals surface area contributed by atoms with Gasteiger partial charge in [-0.1, -0.05) is 0 Å². The molecule has 1 saturated carbocycles. The van der Waals surface area contributed by atoms with E-state index in [0.717, 1.165) is 6.42 Å². The van der Waals surface area contributed by atoms with Crippen molar-refractivity contribution in [2.75, 3.05) is 0 Å². The number of aliphatic hydroxyl groups is 1. The van der Waals surface area contributed by atoms with Gasteiger partial charge in [0, 0.05) is 6.08 Å². The van der Waals surface area contributed by atoms with Gasteiger partial charge in [-0.3, -0.25) is 10.1 Å². The average Bonchev–Trinajstić information content (AvgIpc) is 2.28. The molecule has 0 amide bonds. The summed E-state index contributed by atoms with van der Waals surface area (Å²) in [5.74, 6) is -1.41. The number of rotatable bonds is 2. The smallest absolute Gasteiger partial charge is 0.340 e. The Kier molecular flexibility index (Phi) is 2.74. The first kappa shape index (κ1) is 11.8. The minimum absolute atomic E-state index is 0.0893. The molecule has 2 atom stereocenters. The van der Waals surface area contributed by atoms with Crippen LogP contribution in [0.15, 0.2) is 23.4 Å². The minimum atomic E-state index is -1.93. The van der Waals surface area contributed by atoms with Crippen molar-refractivity contribution in [3.63, 3.8) is 0 Å². The van der Waals surface area contributed by atoms with Crippen molar-refractivity contribution < 1.29 is 19.9 Å². The van der Waals surface area contributed by atoms with Gasteiger partial charge in [0.15, 0.2) is 5.60 Å². The van der Waals surface area contributed by atoms with Gasteiger partial charge < -0.3 is 10.2 Å². The van der Waals surface area contributed by atoms with E-state index in [2.05, 4.69) is 0 Å². The highest BCUT2D eigenvalue weighted by molar-refractivity contribution is 5.82. The molecule has 2 rings (SSSR count). The Hall–Kier alpha value is -1.69. The van der Waals surface area contributed by atoms with Crippen LogP contribution in [-0.2, 0) is 4.79 Å². The lowest BCUT2D eigenvalue weighted by atomic mass is 9.70. The maximum Gasteiger partial charge on any atom is 0.340 e. The SMILES string of the molecule is O=C(O)C1(O)CCCC2CC=C([N+](=O)[O-])C=C21. The van der Waals surface area contributed by atoms with E-state index >= 15 is 0 Å². The predicted octanol–water partition coefficient (Wildman–Crippen LogP) is 1.09. The van der Waals surface area contributed by atoms with E-state index in [4.69, 9.17) is 5.11 Å². The fourth-order valence-corrected chi connectivity index (χ4v) is 2.56. The van der Waals surface area contributed by atoms with Crippen LogP contribution in [0, 0.1) is 16.0 Å². The first-order valence-corrected chi connectivity index (χ1v) is 5.47. The van der Waals surface area contributed by atoms with Gasteiger partial charge in [0.25, 0.3) is 5.70 Å². The minimum Gasteiger partial charge on any atom is -0.479 e. The zero-order chi connectivity index (χ0) is 12.6. The molecule has 0 aromatic heterocycles. The molecule has 0 radical (unpaired) electrons. The van der Waals surface area contributed by atoms with E-state index in [1.807, 2.05) is 0 Å². The van der Waals surface area contributed by atoms with E-state index in [-0.39, 0.29) is 23.6 Å². The molecule has 17 heavy (non-hydrogen) atoms. The number of carboxylic acids is 1. The number of aliphatic carboxylic acids is 1. The van der Waals surface area contributed by atoms with Gasteiger partial charge in [-0.25, -0.2) is 4.79 Å². The second kappa shape index (κ2) is 3.96. The Morgan fingerprint density at radius 3 is 2.88 bits per heavy atom. The van der Waals surface area contributed by atoms with Gasteiger partial charge >= 0.3 is 5.97 Å². The van der Waals surface area contributed by atoms with Crippen LogP contribution in [-0.4, -0.2) is 26.7 Å². The summed E-state index contributed by atoms with van der Waals surface area (Å²) in [5.41, 5.74) is -1.78. The number of carbonyl (C=O) groups is 1. The van der Waals surface area contributed by atoms with Crippen molar-refractivity contribution >= 4 is 5.97 Å². The van der Waals surface area contributed by atoms with Crippen molar-refractivity contribution in [1.29, 1.82) is 0 Å². The molecule has 0 spiro atoms. The molecule has 2 aliphatic rings. The predicted molar refractivity (Wildman–Crippen MR) is 57.7 cm³/mol. The Labute approximate surface area is 97.4 Å². The largest absolute Gasteiger partial charge is 0.479 e. The second-order valence-electron chi connectivity index (χ2n) is 4.48. The zero-order valence-corrected chi connectivity index (χ0v) is 9.13. The summed E-state index contributed by atoms with van der Waals surface area (Å²) in [6.45, 7) is 0. The van der Waals surface area contributed by atoms with Gasteiger partial charge in [0.05, 0.1) is 4.92 Å². The molecule has 0 saturated heterocycles. The lowest BCUT2D eigenvalue weighted by Gasteiger charge is -2.37. The normalized spacial score (nSPS) is 32.2. The van der Waals surface area contributed by atoms with Crippen LogP contribution in [0.25, 0.3) is 0 Å². The van der Waals surface area contributed by atoms with Crippen LogP contribution in [0.5, 0.6) is 0 Å². The van der Waals surface area contributed by atoms with Crippen LogP contribution in [0.4, 0.5) is 0 Å². The summed E-state index contributed by atoms with van der Waals surface area (Å²) in [6.07, 6.45) is 4.64. The van der Waals surface area contributed by atoms with E-state index in [1.165, 1.54) is 12.2 Å². The first-order valence-electron chi connectivity index (χ1n) is 5.47. The summed E-state index contributed by atoms with van der Waals surface area (Å²) in [7, 11) is 0. The van der Waals surface area contributed by atoms with Crippen LogP contribution < -0.4 is 0 Å². The second-order valence-corrected chi connectivity index (χ2v) is 4.48. The first-order chi connectivity index (χ1) is 7.95. The zero-order valence-electron chi connectivity index (χ0n) is 9.13. The van der Waals surface area contributed by atoms with Gasteiger partial charge in [0.1, 0.15) is 0 Å². The summed E-state index contributed by atoms with van der Waals surface area (Å²) in [6, 6.07) is 0. The van der Waals surface area contributed by atoms with E-state index in [1.54, 1.807) is 0 Å². The molecule has 0 aromatic carbocycles. The van der Waals surface area contributed by atoms with E-state index < -0.39 is 16.5 Å². The maximum absolute atomic E-state index is 11.1. The molecule has 0 aromatic rings. The molecule has 2 aliphatic carbocycles. The van der Waals surface area contributed by atoms with Crippen LogP contribution in [0.3, 0.4) is 0 Å². The number of nitro groups is 1. The molecule has 92 valence electrons. The average molecular weight is 239 g/mol. The number of allylic oxidation sites excluding steroid dienone is 2. The quantitative estimate of drug-likeness (QED) is 0.555. The van der Waals surface area contributed by atoms with Crippen molar-refractivity contribution in [2.24, 2.45) is 5.92 Å². The third kappa shape index (κ3) is 1.84. The van der Waals surface area contributed by atoms with Gasteiger partial charge in [0.2, 0.25) is 0 Å². The summed E-state index contributed by atoms with van der Waals surface area (Å²) in [5, 5.41) is 29.9. The topological polar surface area (TPSA) is 101 Å². The lowest BCUT2D eigenvalue weighted by molar-refractivity contribution is -0.419. The number of carboxylic acid groups (broad SMARTS) is 1. The highest BCUT2D eigenvalue weighted by atomic mass is 16.6. The Morgan fingerprint density at radius 2 is 2.29 bits per heavy atom. The fraction of sp³-hybridized carbons (Fsp3) is 0.545. The van der Waals surface area contributed by atoms with Crippen molar-refractivity contribution in [3.8, 4) is 0 Å². The molecular formula is C11H13NO5. The Balaban J connectivity index is 2.42. The fourth-order valence-electron chi connectivity index (χ4n) is 2.56. The maximum atomic E-state index is 11.1. The number of fused-ring (bicyclic) bond motifs is 1.